The molecule has 0 atom stereocenters. The maximum atomic E-state index is 13.1. The predicted octanol–water partition coefficient (Wildman–Crippen LogP) is 5.80. The average molecular weight is 460 g/mol. The highest BCUT2D eigenvalue weighted by molar-refractivity contribution is 5.99. The lowest BCUT2D eigenvalue weighted by Crippen LogP contribution is -2.55. The molecule has 0 aliphatic rings. The molecule has 0 aliphatic heterocycles. The number of carbonyl (C=O) groups excluding carboxylic acids is 2. The molecule has 4 nitrogen and oxygen atoms in total. The minimum Gasteiger partial charge on any atom is -0.267 e. The number of carbonyl (C=O) groups is 2. The molecule has 0 spiro atoms. The van der Waals surface area contributed by atoms with Gasteiger partial charge in [-0.1, -0.05) is 42.0 Å². The van der Waals surface area contributed by atoms with Gasteiger partial charge in [0.1, 0.15) is 0 Å². The highest BCUT2D eigenvalue weighted by atomic mass is 35.5. The third kappa shape index (κ3) is 7.73. The van der Waals surface area contributed by atoms with Gasteiger partial charge in [0, 0.05) is 11.1 Å². The summed E-state index contributed by atoms with van der Waals surface area (Å²) in [6, 6.07) is 12.7. The van der Waals surface area contributed by atoms with Crippen LogP contribution in [0.1, 0.15) is 58.2 Å². The minimum atomic E-state index is -0.578. The molecule has 7 heteroatoms. The van der Waals surface area contributed by atoms with E-state index in [4.69, 9.17) is 0 Å². The van der Waals surface area contributed by atoms with Crippen molar-refractivity contribution in [2.24, 2.45) is 0 Å². The number of aryl methyl sites for hydroxylation is 2. The van der Waals surface area contributed by atoms with Crippen LogP contribution < -0.4 is 5.43 Å². The number of benzene rings is 2. The van der Waals surface area contributed by atoms with E-state index in [2.05, 4.69) is 12.0 Å². The first kappa shape index (κ1) is 29.2. The van der Waals surface area contributed by atoms with Gasteiger partial charge in [0.2, 0.25) is 0 Å². The summed E-state index contributed by atoms with van der Waals surface area (Å²) in [5, 5.41) is 1.39. The fourth-order valence-corrected chi connectivity index (χ4v) is 2.69. The lowest BCUT2D eigenvalue weighted by molar-refractivity contribution is 0.0358. The van der Waals surface area contributed by atoms with E-state index in [1.165, 1.54) is 5.01 Å². The summed E-state index contributed by atoms with van der Waals surface area (Å²) >= 11 is 0. The molecule has 29 heavy (non-hydrogen) atoms. The van der Waals surface area contributed by atoms with E-state index in [-0.39, 0.29) is 49.0 Å². The van der Waals surface area contributed by atoms with Crippen molar-refractivity contribution in [3.05, 3.63) is 76.9 Å². The van der Waals surface area contributed by atoms with Crippen molar-refractivity contribution >= 4 is 55.1 Å². The van der Waals surface area contributed by atoms with E-state index in [9.17, 15) is 9.59 Å². The molecule has 0 aromatic heterocycles. The second-order valence-corrected chi connectivity index (χ2v) is 7.45. The number of nitrogens with zero attached hydrogens (tertiary/aromatic N) is 1. The van der Waals surface area contributed by atoms with Crippen molar-refractivity contribution in [2.45, 2.75) is 40.2 Å². The van der Waals surface area contributed by atoms with Crippen molar-refractivity contribution < 1.29 is 9.59 Å². The van der Waals surface area contributed by atoms with Crippen LogP contribution in [0.25, 0.3) is 6.08 Å². The number of rotatable bonds is 3. The fraction of sp³-hybridized carbons (Fsp3) is 0.273. The molecule has 0 heterocycles. The van der Waals surface area contributed by atoms with Crippen molar-refractivity contribution in [1.29, 1.82) is 0 Å². The van der Waals surface area contributed by atoms with Crippen LogP contribution in [0.5, 0.6) is 0 Å². The van der Waals surface area contributed by atoms with Gasteiger partial charge in [-0.2, -0.15) is 0 Å². The maximum absolute atomic E-state index is 13.1. The molecule has 0 saturated heterocycles. The van der Waals surface area contributed by atoms with Crippen LogP contribution in [-0.4, -0.2) is 22.4 Å². The van der Waals surface area contributed by atoms with Gasteiger partial charge in [-0.25, -0.2) is 5.01 Å². The molecule has 0 unspecified atom stereocenters. The highest BCUT2D eigenvalue weighted by Crippen LogP contribution is 2.18. The van der Waals surface area contributed by atoms with Crippen LogP contribution in [-0.2, 0) is 0 Å². The molecular weight excluding hydrogens is 431 g/mol. The Kier molecular flexibility index (Phi) is 11.9. The lowest BCUT2D eigenvalue weighted by Gasteiger charge is -2.35. The Labute approximate surface area is 192 Å². The predicted molar refractivity (Wildman–Crippen MR) is 128 cm³/mol. The summed E-state index contributed by atoms with van der Waals surface area (Å²) < 4.78 is 0. The van der Waals surface area contributed by atoms with Crippen LogP contribution >= 0.6 is 37.2 Å². The largest absolute Gasteiger partial charge is 0.272 e. The quantitative estimate of drug-likeness (QED) is 0.590. The Balaban J connectivity index is 0. The first-order chi connectivity index (χ1) is 12.1. The number of amides is 2. The zero-order valence-electron chi connectivity index (χ0n) is 17.3. The van der Waals surface area contributed by atoms with Gasteiger partial charge in [-0.15, -0.1) is 37.2 Å². The Hall–Kier alpha value is -2.01. The molecule has 1 N–H and O–H groups in total. The van der Waals surface area contributed by atoms with Gasteiger partial charge in [-0.05, 0) is 64.4 Å². The summed E-state index contributed by atoms with van der Waals surface area (Å²) in [4.78, 5) is 25.7. The van der Waals surface area contributed by atoms with Gasteiger partial charge in [-0.3, -0.25) is 15.0 Å². The maximum Gasteiger partial charge on any atom is 0.272 e. The standard InChI is InChI=1S/C22H26N2O2.3ClH/c1-7-17-8-10-18(11-9-17)20(25)23-24(22(4,5)6)21(26)19-13-15(2)12-16(3)14-19;;;/h7-14H,1H2,2-6H3,(H,23,25);3*1H. The summed E-state index contributed by atoms with van der Waals surface area (Å²) in [5.41, 5.74) is 6.18. The lowest BCUT2D eigenvalue weighted by atomic mass is 10.0. The Bertz CT molecular complexity index is 824. The van der Waals surface area contributed by atoms with E-state index < -0.39 is 5.54 Å². The van der Waals surface area contributed by atoms with Crippen molar-refractivity contribution in [3.63, 3.8) is 0 Å². The number of halogens is 3. The smallest absolute Gasteiger partial charge is 0.267 e. The van der Waals surface area contributed by atoms with Gasteiger partial charge in [0.15, 0.2) is 0 Å². The molecule has 0 aliphatic carbocycles. The van der Waals surface area contributed by atoms with Crippen LogP contribution in [0, 0.1) is 13.8 Å². The zero-order chi connectivity index (χ0) is 19.5. The SMILES string of the molecule is C=Cc1ccc(C(=O)NN(C(=O)c2cc(C)cc(C)c2)C(C)(C)C)cc1.Cl.Cl.Cl. The van der Waals surface area contributed by atoms with Crippen molar-refractivity contribution in [1.82, 2.24) is 10.4 Å². The summed E-state index contributed by atoms with van der Waals surface area (Å²) in [6.45, 7) is 13.3. The third-order valence-electron chi connectivity index (χ3n) is 3.96. The molecule has 0 fully saturated rings. The highest BCUT2D eigenvalue weighted by Gasteiger charge is 2.29. The molecule has 2 amide bonds. The summed E-state index contributed by atoms with van der Waals surface area (Å²) in [7, 11) is 0. The van der Waals surface area contributed by atoms with Gasteiger partial charge in [0.25, 0.3) is 11.8 Å². The molecule has 2 aromatic carbocycles. The van der Waals surface area contributed by atoms with Crippen molar-refractivity contribution in [2.75, 3.05) is 0 Å². The number of nitrogens with one attached hydrogen (secondary N) is 1. The molecule has 160 valence electrons. The van der Waals surface area contributed by atoms with Crippen LogP contribution in [0.2, 0.25) is 0 Å². The van der Waals surface area contributed by atoms with E-state index in [1.54, 1.807) is 18.2 Å². The second kappa shape index (κ2) is 11.9. The van der Waals surface area contributed by atoms with E-state index in [0.717, 1.165) is 16.7 Å². The average Bonchev–Trinajstić information content (AvgIpc) is 2.57. The van der Waals surface area contributed by atoms with Crippen LogP contribution in [0.4, 0.5) is 0 Å². The first-order valence-corrected chi connectivity index (χ1v) is 8.58. The summed E-state index contributed by atoms with van der Waals surface area (Å²) in [6.07, 6.45) is 1.72. The molecule has 0 bridgehead atoms. The number of hydrogen-bond donors (Lipinski definition) is 1. The van der Waals surface area contributed by atoms with Crippen LogP contribution in [0.15, 0.2) is 49.0 Å². The zero-order valence-corrected chi connectivity index (χ0v) is 19.8. The summed E-state index contributed by atoms with van der Waals surface area (Å²) in [5.74, 6) is -0.561. The van der Waals surface area contributed by atoms with E-state index in [0.29, 0.717) is 11.1 Å². The molecular formula is C22H29Cl3N2O2. The third-order valence-corrected chi connectivity index (χ3v) is 3.96. The molecule has 0 radical (unpaired) electrons. The van der Waals surface area contributed by atoms with Crippen molar-refractivity contribution in [3.8, 4) is 0 Å². The Morgan fingerprint density at radius 1 is 0.897 bits per heavy atom. The molecule has 0 saturated carbocycles. The van der Waals surface area contributed by atoms with Gasteiger partial charge >= 0.3 is 0 Å². The van der Waals surface area contributed by atoms with Crippen LogP contribution in [0.3, 0.4) is 0 Å². The Morgan fingerprint density at radius 2 is 1.38 bits per heavy atom. The monoisotopic (exact) mass is 458 g/mol. The normalized spacial score (nSPS) is 9.83. The second-order valence-electron chi connectivity index (χ2n) is 7.45. The fourth-order valence-electron chi connectivity index (χ4n) is 2.69. The molecule has 2 rings (SSSR count). The number of hydrogen-bond acceptors (Lipinski definition) is 2. The molecule has 2 aromatic rings. The Morgan fingerprint density at radius 3 is 1.79 bits per heavy atom. The van der Waals surface area contributed by atoms with Gasteiger partial charge in [0.05, 0.1) is 5.54 Å². The van der Waals surface area contributed by atoms with E-state index in [1.807, 2.05) is 65.0 Å². The van der Waals surface area contributed by atoms with E-state index >= 15 is 0 Å². The topological polar surface area (TPSA) is 49.4 Å². The minimum absolute atomic E-state index is 0. The first-order valence-electron chi connectivity index (χ1n) is 8.58. The number of hydrazine groups is 1. The van der Waals surface area contributed by atoms with Gasteiger partial charge < -0.3 is 0 Å².